The monoisotopic (exact) mass is 228 g/mol. The van der Waals surface area contributed by atoms with Crippen LogP contribution in [0.5, 0.6) is 0 Å². The highest BCUT2D eigenvalue weighted by Gasteiger charge is 2.04. The molecule has 3 heteroatoms. The van der Waals surface area contributed by atoms with E-state index in [2.05, 4.69) is 6.92 Å². The lowest BCUT2D eigenvalue weighted by atomic mass is 10.2. The minimum Gasteiger partial charge on any atom is -0.282 e. The van der Waals surface area contributed by atoms with E-state index in [1.165, 1.54) is 11.8 Å². The summed E-state index contributed by atoms with van der Waals surface area (Å²) in [5, 5.41) is 0.801. The van der Waals surface area contributed by atoms with Crippen LogP contribution in [0.15, 0.2) is 24.3 Å². The number of unbranched alkanes of at least 4 members (excludes halogenated alkanes) is 1. The van der Waals surface area contributed by atoms with E-state index in [4.69, 9.17) is 11.6 Å². The summed E-state index contributed by atoms with van der Waals surface area (Å²) in [7, 11) is 0. The average molecular weight is 229 g/mol. The number of thioether (sulfide) groups is 1. The van der Waals surface area contributed by atoms with Gasteiger partial charge in [0.15, 0.2) is 0 Å². The molecule has 0 amide bonds. The van der Waals surface area contributed by atoms with Gasteiger partial charge < -0.3 is 0 Å². The van der Waals surface area contributed by atoms with Crippen LogP contribution in [-0.4, -0.2) is 10.9 Å². The lowest BCUT2D eigenvalue weighted by Crippen LogP contribution is -1.94. The fourth-order valence-electron chi connectivity index (χ4n) is 0.979. The summed E-state index contributed by atoms with van der Waals surface area (Å²) in [5.74, 6) is 0.901. The number of benzene rings is 1. The van der Waals surface area contributed by atoms with Gasteiger partial charge in [-0.2, -0.15) is 0 Å². The van der Waals surface area contributed by atoms with E-state index in [1.54, 1.807) is 24.3 Å². The second-order valence-corrected chi connectivity index (χ2v) is 4.50. The first-order chi connectivity index (χ1) is 6.74. The van der Waals surface area contributed by atoms with Crippen molar-refractivity contribution in [3.8, 4) is 0 Å². The molecule has 0 unspecified atom stereocenters. The zero-order valence-corrected chi connectivity index (χ0v) is 9.70. The third-order valence-corrected chi connectivity index (χ3v) is 3.05. The number of halogens is 1. The molecule has 0 aliphatic heterocycles. The van der Waals surface area contributed by atoms with Crippen LogP contribution in [-0.2, 0) is 0 Å². The highest BCUT2D eigenvalue weighted by molar-refractivity contribution is 8.14. The molecule has 0 fully saturated rings. The molecule has 1 nitrogen and oxygen atoms in total. The molecule has 0 saturated heterocycles. The van der Waals surface area contributed by atoms with Crippen molar-refractivity contribution in [3.63, 3.8) is 0 Å². The fourth-order valence-corrected chi connectivity index (χ4v) is 2.03. The van der Waals surface area contributed by atoms with Crippen molar-refractivity contribution >= 4 is 28.5 Å². The highest BCUT2D eigenvalue weighted by Crippen LogP contribution is 2.16. The van der Waals surface area contributed by atoms with Crippen LogP contribution in [0.25, 0.3) is 0 Å². The molecule has 0 aliphatic rings. The first-order valence-corrected chi connectivity index (χ1v) is 6.03. The van der Waals surface area contributed by atoms with Gasteiger partial charge >= 0.3 is 0 Å². The SMILES string of the molecule is CCCCSC(=O)c1ccc(Cl)cc1. The topological polar surface area (TPSA) is 17.1 Å². The predicted molar refractivity (Wildman–Crippen MR) is 63.1 cm³/mol. The van der Waals surface area contributed by atoms with Crippen molar-refractivity contribution in [1.82, 2.24) is 0 Å². The smallest absolute Gasteiger partial charge is 0.219 e. The van der Waals surface area contributed by atoms with Crippen molar-refractivity contribution in [2.75, 3.05) is 5.75 Å². The second kappa shape index (κ2) is 6.10. The van der Waals surface area contributed by atoms with Crippen LogP contribution >= 0.6 is 23.4 Å². The Balaban J connectivity index is 2.48. The molecule has 0 spiro atoms. The third kappa shape index (κ3) is 3.72. The number of hydrogen-bond acceptors (Lipinski definition) is 2. The number of rotatable bonds is 4. The van der Waals surface area contributed by atoms with Crippen LogP contribution in [0.1, 0.15) is 30.1 Å². The van der Waals surface area contributed by atoms with Crippen molar-refractivity contribution in [3.05, 3.63) is 34.9 Å². The largest absolute Gasteiger partial charge is 0.282 e. The van der Waals surface area contributed by atoms with Crippen molar-refractivity contribution in [2.24, 2.45) is 0 Å². The Hall–Kier alpha value is -0.470. The zero-order chi connectivity index (χ0) is 10.4. The molecule has 0 saturated carbocycles. The van der Waals surface area contributed by atoms with E-state index < -0.39 is 0 Å². The summed E-state index contributed by atoms with van der Waals surface area (Å²) in [6.07, 6.45) is 2.21. The molecule has 76 valence electrons. The van der Waals surface area contributed by atoms with Crippen molar-refractivity contribution < 1.29 is 4.79 Å². The summed E-state index contributed by atoms with van der Waals surface area (Å²) < 4.78 is 0. The zero-order valence-electron chi connectivity index (χ0n) is 8.13. The Bertz CT molecular complexity index is 295. The minimum atomic E-state index is 0.134. The van der Waals surface area contributed by atoms with E-state index in [9.17, 15) is 4.79 Å². The molecular weight excluding hydrogens is 216 g/mol. The van der Waals surface area contributed by atoms with Gasteiger partial charge in [-0.25, -0.2) is 0 Å². The van der Waals surface area contributed by atoms with Crippen LogP contribution in [0.3, 0.4) is 0 Å². The van der Waals surface area contributed by atoms with E-state index >= 15 is 0 Å². The fraction of sp³-hybridized carbons (Fsp3) is 0.364. The van der Waals surface area contributed by atoms with E-state index in [-0.39, 0.29) is 5.12 Å². The first kappa shape index (κ1) is 11.6. The average Bonchev–Trinajstić information content (AvgIpc) is 2.19. The van der Waals surface area contributed by atoms with Gasteiger partial charge in [0.05, 0.1) is 0 Å². The van der Waals surface area contributed by atoms with Gasteiger partial charge in [0.25, 0.3) is 0 Å². The highest BCUT2D eigenvalue weighted by atomic mass is 35.5. The lowest BCUT2D eigenvalue weighted by Gasteiger charge is -1.99. The van der Waals surface area contributed by atoms with Crippen LogP contribution in [0, 0.1) is 0 Å². The normalized spacial score (nSPS) is 10.1. The van der Waals surface area contributed by atoms with Gasteiger partial charge in [0.2, 0.25) is 5.12 Å². The number of hydrogen-bond donors (Lipinski definition) is 0. The van der Waals surface area contributed by atoms with Gasteiger partial charge in [-0.1, -0.05) is 36.7 Å². The van der Waals surface area contributed by atoms with E-state index in [1.807, 2.05) is 0 Å². The molecule has 0 aliphatic carbocycles. The molecule has 0 radical (unpaired) electrons. The molecule has 1 aromatic carbocycles. The molecule has 1 rings (SSSR count). The third-order valence-electron chi connectivity index (χ3n) is 1.81. The Kier molecular flexibility index (Phi) is 5.05. The molecule has 0 atom stereocenters. The quantitative estimate of drug-likeness (QED) is 0.725. The van der Waals surface area contributed by atoms with Crippen molar-refractivity contribution in [1.29, 1.82) is 0 Å². The summed E-state index contributed by atoms with van der Waals surface area (Å²) in [6.45, 7) is 2.12. The summed E-state index contributed by atoms with van der Waals surface area (Å²) in [5.41, 5.74) is 0.732. The van der Waals surface area contributed by atoms with Crippen molar-refractivity contribution in [2.45, 2.75) is 19.8 Å². The molecule has 14 heavy (non-hydrogen) atoms. The first-order valence-electron chi connectivity index (χ1n) is 4.66. The standard InChI is InChI=1S/C11H13ClOS/c1-2-3-8-14-11(13)9-4-6-10(12)7-5-9/h4-7H,2-3,8H2,1H3. The van der Waals surface area contributed by atoms with Crippen LogP contribution < -0.4 is 0 Å². The maximum Gasteiger partial charge on any atom is 0.219 e. The molecule has 0 bridgehead atoms. The lowest BCUT2D eigenvalue weighted by molar-refractivity contribution is 0.108. The van der Waals surface area contributed by atoms with Crippen LogP contribution in [0.2, 0.25) is 5.02 Å². The number of carbonyl (C=O) groups is 1. The summed E-state index contributed by atoms with van der Waals surface area (Å²) in [6, 6.07) is 7.03. The van der Waals surface area contributed by atoms with Gasteiger partial charge in [0.1, 0.15) is 0 Å². The van der Waals surface area contributed by atoms with Gasteiger partial charge in [-0.05, 0) is 30.7 Å². The van der Waals surface area contributed by atoms with E-state index in [0.29, 0.717) is 5.02 Å². The Labute approximate surface area is 93.8 Å². The maximum absolute atomic E-state index is 11.6. The van der Waals surface area contributed by atoms with Crippen LogP contribution in [0.4, 0.5) is 0 Å². The molecule has 0 heterocycles. The maximum atomic E-state index is 11.6. The van der Waals surface area contributed by atoms with Gasteiger partial charge in [-0.15, -0.1) is 0 Å². The van der Waals surface area contributed by atoms with Gasteiger partial charge in [-0.3, -0.25) is 4.79 Å². The molecule has 0 N–H and O–H groups in total. The predicted octanol–water partition coefficient (Wildman–Crippen LogP) is 4.01. The Morgan fingerprint density at radius 2 is 2.00 bits per heavy atom. The number of carbonyl (C=O) groups excluding carboxylic acids is 1. The Morgan fingerprint density at radius 3 is 2.57 bits per heavy atom. The molecular formula is C11H13ClOS. The second-order valence-electron chi connectivity index (χ2n) is 3.00. The Morgan fingerprint density at radius 1 is 1.36 bits per heavy atom. The minimum absolute atomic E-state index is 0.134. The molecule has 0 aromatic heterocycles. The summed E-state index contributed by atoms with van der Waals surface area (Å²) >= 11 is 7.10. The van der Waals surface area contributed by atoms with E-state index in [0.717, 1.165) is 24.2 Å². The summed E-state index contributed by atoms with van der Waals surface area (Å²) in [4.78, 5) is 11.6. The van der Waals surface area contributed by atoms with Gasteiger partial charge in [0, 0.05) is 16.3 Å². The molecule has 1 aromatic rings.